The SMILES string of the molecule is CCCNC(C)CCn1ccn(C(C)C)c1=O. The van der Waals surface area contributed by atoms with Gasteiger partial charge in [0.25, 0.3) is 0 Å². The number of hydrogen-bond acceptors (Lipinski definition) is 2. The third kappa shape index (κ3) is 4.04. The van der Waals surface area contributed by atoms with Crippen molar-refractivity contribution in [3.63, 3.8) is 0 Å². The van der Waals surface area contributed by atoms with E-state index in [-0.39, 0.29) is 11.7 Å². The molecule has 0 bridgehead atoms. The number of aromatic nitrogens is 2. The van der Waals surface area contributed by atoms with Crippen molar-refractivity contribution < 1.29 is 0 Å². The maximum absolute atomic E-state index is 11.9. The van der Waals surface area contributed by atoms with Gasteiger partial charge in [0.2, 0.25) is 0 Å². The molecule has 1 atom stereocenters. The molecule has 1 aromatic heterocycles. The van der Waals surface area contributed by atoms with Crippen LogP contribution in [0.15, 0.2) is 17.2 Å². The highest BCUT2D eigenvalue weighted by Gasteiger charge is 2.07. The maximum Gasteiger partial charge on any atom is 0.328 e. The third-order valence-electron chi connectivity index (χ3n) is 2.98. The molecule has 0 aromatic carbocycles. The molecule has 4 heteroatoms. The monoisotopic (exact) mass is 239 g/mol. The summed E-state index contributed by atoms with van der Waals surface area (Å²) >= 11 is 0. The highest BCUT2D eigenvalue weighted by atomic mass is 16.1. The Hall–Kier alpha value is -1.03. The summed E-state index contributed by atoms with van der Waals surface area (Å²) in [6, 6.07) is 0.698. The van der Waals surface area contributed by atoms with Gasteiger partial charge >= 0.3 is 5.69 Å². The minimum Gasteiger partial charge on any atom is -0.314 e. The van der Waals surface area contributed by atoms with Crippen LogP contribution in [0.4, 0.5) is 0 Å². The zero-order chi connectivity index (χ0) is 12.8. The summed E-state index contributed by atoms with van der Waals surface area (Å²) in [4.78, 5) is 11.9. The van der Waals surface area contributed by atoms with Crippen LogP contribution in [0.3, 0.4) is 0 Å². The van der Waals surface area contributed by atoms with Gasteiger partial charge in [-0.15, -0.1) is 0 Å². The predicted octanol–water partition coefficient (Wildman–Crippen LogP) is 2.01. The van der Waals surface area contributed by atoms with Gasteiger partial charge in [0.05, 0.1) is 0 Å². The van der Waals surface area contributed by atoms with E-state index in [9.17, 15) is 4.79 Å². The fourth-order valence-electron chi connectivity index (χ4n) is 1.82. The highest BCUT2D eigenvalue weighted by Crippen LogP contribution is 2.00. The van der Waals surface area contributed by atoms with Crippen molar-refractivity contribution in [3.05, 3.63) is 22.9 Å². The Bertz CT molecular complexity index is 378. The summed E-state index contributed by atoms with van der Waals surface area (Å²) in [5.74, 6) is 0. The van der Waals surface area contributed by atoms with E-state index in [4.69, 9.17) is 0 Å². The van der Waals surface area contributed by atoms with E-state index in [0.29, 0.717) is 6.04 Å². The molecule has 0 fully saturated rings. The molecule has 4 nitrogen and oxygen atoms in total. The summed E-state index contributed by atoms with van der Waals surface area (Å²) in [5, 5.41) is 3.43. The number of nitrogens with one attached hydrogen (secondary N) is 1. The molecule has 1 aromatic rings. The Morgan fingerprint density at radius 3 is 2.53 bits per heavy atom. The van der Waals surface area contributed by atoms with E-state index >= 15 is 0 Å². The quantitative estimate of drug-likeness (QED) is 0.790. The van der Waals surface area contributed by atoms with E-state index in [2.05, 4.69) is 19.2 Å². The van der Waals surface area contributed by atoms with Crippen molar-refractivity contribution in [2.75, 3.05) is 6.54 Å². The lowest BCUT2D eigenvalue weighted by Gasteiger charge is -2.13. The minimum atomic E-state index is 0.0997. The second-order valence-corrected chi connectivity index (χ2v) is 4.92. The van der Waals surface area contributed by atoms with Gasteiger partial charge in [0.15, 0.2) is 0 Å². The van der Waals surface area contributed by atoms with Crippen molar-refractivity contribution in [3.8, 4) is 0 Å². The predicted molar refractivity (Wildman–Crippen MR) is 71.4 cm³/mol. The van der Waals surface area contributed by atoms with Crippen molar-refractivity contribution in [2.45, 2.75) is 59.2 Å². The molecule has 17 heavy (non-hydrogen) atoms. The molecule has 1 rings (SSSR count). The van der Waals surface area contributed by atoms with Gasteiger partial charge in [-0.3, -0.25) is 9.13 Å². The van der Waals surface area contributed by atoms with Crippen molar-refractivity contribution in [2.24, 2.45) is 0 Å². The molecule has 0 saturated carbocycles. The molecule has 0 spiro atoms. The Morgan fingerprint density at radius 1 is 1.29 bits per heavy atom. The molecule has 0 amide bonds. The molecule has 0 aliphatic rings. The summed E-state index contributed by atoms with van der Waals surface area (Å²) in [6.07, 6.45) is 5.89. The first-order chi connectivity index (χ1) is 8.06. The summed E-state index contributed by atoms with van der Waals surface area (Å²) in [6.45, 7) is 10.2. The summed E-state index contributed by atoms with van der Waals surface area (Å²) in [5.41, 5.74) is 0.0997. The van der Waals surface area contributed by atoms with E-state index < -0.39 is 0 Å². The largest absolute Gasteiger partial charge is 0.328 e. The average molecular weight is 239 g/mol. The number of hydrogen-bond donors (Lipinski definition) is 1. The number of imidazole rings is 1. The first kappa shape index (κ1) is 14.0. The van der Waals surface area contributed by atoms with E-state index in [1.54, 1.807) is 9.13 Å². The lowest BCUT2D eigenvalue weighted by Crippen LogP contribution is -2.30. The first-order valence-electron chi connectivity index (χ1n) is 6.57. The lowest BCUT2D eigenvalue weighted by molar-refractivity contribution is 0.464. The number of aryl methyl sites for hydroxylation is 1. The molecule has 0 saturated heterocycles. The van der Waals surface area contributed by atoms with Crippen LogP contribution in [0.2, 0.25) is 0 Å². The molecule has 0 aliphatic carbocycles. The molecule has 1 heterocycles. The van der Waals surface area contributed by atoms with Crippen LogP contribution in [-0.2, 0) is 6.54 Å². The van der Waals surface area contributed by atoms with Gasteiger partial charge < -0.3 is 5.32 Å². The summed E-state index contributed by atoms with van der Waals surface area (Å²) < 4.78 is 3.56. The smallest absolute Gasteiger partial charge is 0.314 e. The second-order valence-electron chi connectivity index (χ2n) is 4.92. The van der Waals surface area contributed by atoms with E-state index in [1.807, 2.05) is 26.2 Å². The van der Waals surface area contributed by atoms with Gasteiger partial charge in [-0.2, -0.15) is 0 Å². The number of rotatable bonds is 7. The zero-order valence-corrected chi connectivity index (χ0v) is 11.4. The van der Waals surface area contributed by atoms with Gasteiger partial charge in [0.1, 0.15) is 0 Å². The molecule has 1 unspecified atom stereocenters. The lowest BCUT2D eigenvalue weighted by atomic mass is 10.2. The van der Waals surface area contributed by atoms with Crippen LogP contribution < -0.4 is 11.0 Å². The average Bonchev–Trinajstić information content (AvgIpc) is 2.65. The fraction of sp³-hybridized carbons (Fsp3) is 0.769. The van der Waals surface area contributed by atoms with Gasteiger partial charge in [-0.25, -0.2) is 4.79 Å². The fourth-order valence-corrected chi connectivity index (χ4v) is 1.82. The topological polar surface area (TPSA) is 39.0 Å². The molecular weight excluding hydrogens is 214 g/mol. The normalized spacial score (nSPS) is 13.2. The molecular formula is C13H25N3O. The Balaban J connectivity index is 2.50. The Kier molecular flexibility index (Phi) is 5.48. The van der Waals surface area contributed by atoms with Crippen molar-refractivity contribution in [1.29, 1.82) is 0 Å². The summed E-state index contributed by atoms with van der Waals surface area (Å²) in [7, 11) is 0. The van der Waals surface area contributed by atoms with Crippen LogP contribution in [0.5, 0.6) is 0 Å². The van der Waals surface area contributed by atoms with Crippen LogP contribution in [-0.4, -0.2) is 21.7 Å². The van der Waals surface area contributed by atoms with Crippen LogP contribution in [0, 0.1) is 0 Å². The third-order valence-corrected chi connectivity index (χ3v) is 2.98. The molecule has 1 N–H and O–H groups in total. The van der Waals surface area contributed by atoms with Crippen molar-refractivity contribution >= 4 is 0 Å². The van der Waals surface area contributed by atoms with Gasteiger partial charge in [-0.1, -0.05) is 6.92 Å². The Labute approximate surface area is 104 Å². The first-order valence-corrected chi connectivity index (χ1v) is 6.57. The molecule has 0 aliphatic heterocycles. The van der Waals surface area contributed by atoms with E-state index in [1.165, 1.54) is 0 Å². The second kappa shape index (κ2) is 6.64. The molecule has 0 radical (unpaired) electrons. The van der Waals surface area contributed by atoms with Crippen LogP contribution in [0.1, 0.15) is 46.6 Å². The van der Waals surface area contributed by atoms with Crippen molar-refractivity contribution in [1.82, 2.24) is 14.5 Å². The standard InChI is InChI=1S/C13H25N3O/c1-5-7-14-12(4)6-8-15-9-10-16(11(2)3)13(15)17/h9-12,14H,5-8H2,1-4H3. The zero-order valence-electron chi connectivity index (χ0n) is 11.4. The van der Waals surface area contributed by atoms with Gasteiger partial charge in [-0.05, 0) is 40.2 Å². The Morgan fingerprint density at radius 2 is 2.00 bits per heavy atom. The maximum atomic E-state index is 11.9. The molecule has 98 valence electrons. The highest BCUT2D eigenvalue weighted by molar-refractivity contribution is 4.84. The number of nitrogens with zero attached hydrogens (tertiary/aromatic N) is 2. The van der Waals surface area contributed by atoms with Crippen LogP contribution >= 0.6 is 0 Å². The van der Waals surface area contributed by atoms with E-state index in [0.717, 1.165) is 25.9 Å². The minimum absolute atomic E-state index is 0.0997. The van der Waals surface area contributed by atoms with Gasteiger partial charge in [0, 0.05) is 31.0 Å². The van der Waals surface area contributed by atoms with Crippen LogP contribution in [0.25, 0.3) is 0 Å².